The van der Waals surface area contributed by atoms with Crippen LogP contribution >= 0.6 is 11.6 Å². The average Bonchev–Trinajstić information content (AvgIpc) is 2.42. The number of nitro groups is 1. The van der Waals surface area contributed by atoms with Gasteiger partial charge in [0.25, 0.3) is 5.69 Å². The normalized spacial score (nSPS) is 16.6. The lowest BCUT2D eigenvalue weighted by Gasteiger charge is -2.31. The van der Waals surface area contributed by atoms with Gasteiger partial charge in [0, 0.05) is 30.2 Å². The molecule has 0 radical (unpaired) electrons. The molecule has 1 saturated heterocycles. The van der Waals surface area contributed by atoms with E-state index in [1.165, 1.54) is 6.07 Å². The molecular formula is C13H17ClN4O3. The van der Waals surface area contributed by atoms with Gasteiger partial charge in [-0.05, 0) is 25.0 Å². The summed E-state index contributed by atoms with van der Waals surface area (Å²) in [5, 5.41) is 14.6. The number of likely N-dealkylation sites (tertiary alicyclic amines) is 1. The zero-order valence-corrected chi connectivity index (χ0v) is 12.2. The van der Waals surface area contributed by atoms with Crippen molar-refractivity contribution in [1.29, 1.82) is 0 Å². The minimum Gasteiger partial charge on any atom is -0.377 e. The van der Waals surface area contributed by atoms with Crippen LogP contribution in [0.15, 0.2) is 18.2 Å². The van der Waals surface area contributed by atoms with Crippen molar-refractivity contribution in [2.24, 2.45) is 5.73 Å². The number of anilines is 1. The van der Waals surface area contributed by atoms with Gasteiger partial charge in [-0.25, -0.2) is 0 Å². The van der Waals surface area contributed by atoms with E-state index in [1.807, 2.05) is 4.90 Å². The Hall–Kier alpha value is -1.86. The Morgan fingerprint density at radius 3 is 2.71 bits per heavy atom. The van der Waals surface area contributed by atoms with E-state index in [9.17, 15) is 14.9 Å². The molecule has 1 aliphatic heterocycles. The number of halogens is 1. The number of benzene rings is 1. The Balaban J connectivity index is 1.97. The first-order chi connectivity index (χ1) is 9.95. The molecule has 8 heteroatoms. The van der Waals surface area contributed by atoms with Gasteiger partial charge in [-0.2, -0.15) is 0 Å². The first-order valence-corrected chi connectivity index (χ1v) is 7.04. The molecule has 0 aromatic heterocycles. The summed E-state index contributed by atoms with van der Waals surface area (Å²) < 4.78 is 0. The zero-order chi connectivity index (χ0) is 15.4. The molecule has 3 N–H and O–H groups in total. The fourth-order valence-electron chi connectivity index (χ4n) is 2.45. The maximum atomic E-state index is 11.0. The van der Waals surface area contributed by atoms with Crippen molar-refractivity contribution in [3.63, 3.8) is 0 Å². The van der Waals surface area contributed by atoms with E-state index < -0.39 is 4.92 Å². The molecule has 1 heterocycles. The lowest BCUT2D eigenvalue weighted by atomic mass is 10.0. The standard InChI is InChI=1S/C13H17ClN4O3/c14-9-1-2-11(12(7-9)18(20)21)16-10-3-5-17(6-4-10)8-13(15)19/h1-2,7,10,16H,3-6,8H2,(H2,15,19). The average molecular weight is 313 g/mol. The number of nitrogens with zero attached hydrogens (tertiary/aromatic N) is 2. The van der Waals surface area contributed by atoms with Crippen molar-refractivity contribution in [2.45, 2.75) is 18.9 Å². The second kappa shape index (κ2) is 6.73. The van der Waals surface area contributed by atoms with Crippen molar-refractivity contribution < 1.29 is 9.72 Å². The fourth-order valence-corrected chi connectivity index (χ4v) is 2.62. The molecule has 21 heavy (non-hydrogen) atoms. The van der Waals surface area contributed by atoms with Gasteiger partial charge in [0.05, 0.1) is 11.5 Å². The molecule has 0 aliphatic carbocycles. The first-order valence-electron chi connectivity index (χ1n) is 6.67. The SMILES string of the molecule is NC(=O)CN1CCC(Nc2ccc(Cl)cc2[N+](=O)[O-])CC1. The molecule has 1 aliphatic rings. The van der Waals surface area contributed by atoms with Gasteiger partial charge in [-0.3, -0.25) is 19.8 Å². The highest BCUT2D eigenvalue weighted by Gasteiger charge is 2.22. The van der Waals surface area contributed by atoms with E-state index in [-0.39, 0.29) is 24.2 Å². The molecule has 1 amide bonds. The first kappa shape index (κ1) is 15.5. The number of hydrogen-bond donors (Lipinski definition) is 2. The molecule has 0 unspecified atom stereocenters. The monoisotopic (exact) mass is 312 g/mol. The van der Waals surface area contributed by atoms with E-state index >= 15 is 0 Å². The largest absolute Gasteiger partial charge is 0.377 e. The second-order valence-corrected chi connectivity index (χ2v) is 5.52. The molecular weight excluding hydrogens is 296 g/mol. The Morgan fingerprint density at radius 1 is 1.48 bits per heavy atom. The maximum Gasteiger partial charge on any atom is 0.293 e. The molecule has 0 saturated carbocycles. The van der Waals surface area contributed by atoms with Gasteiger partial charge in [0.2, 0.25) is 5.91 Å². The number of primary amides is 1. The smallest absolute Gasteiger partial charge is 0.293 e. The molecule has 0 spiro atoms. The molecule has 0 atom stereocenters. The zero-order valence-electron chi connectivity index (χ0n) is 11.4. The van der Waals surface area contributed by atoms with Crippen LogP contribution in [-0.4, -0.2) is 41.4 Å². The summed E-state index contributed by atoms with van der Waals surface area (Å²) in [7, 11) is 0. The Bertz CT molecular complexity index is 544. The van der Waals surface area contributed by atoms with Crippen molar-refractivity contribution in [1.82, 2.24) is 4.90 Å². The third-order valence-electron chi connectivity index (χ3n) is 3.48. The highest BCUT2D eigenvalue weighted by Crippen LogP contribution is 2.29. The lowest BCUT2D eigenvalue weighted by Crippen LogP contribution is -2.43. The van der Waals surface area contributed by atoms with Gasteiger partial charge in [0.15, 0.2) is 0 Å². The number of piperidine rings is 1. The highest BCUT2D eigenvalue weighted by molar-refractivity contribution is 6.30. The lowest BCUT2D eigenvalue weighted by molar-refractivity contribution is -0.384. The van der Waals surface area contributed by atoms with Gasteiger partial charge in [-0.15, -0.1) is 0 Å². The topological polar surface area (TPSA) is 102 Å². The van der Waals surface area contributed by atoms with E-state index in [4.69, 9.17) is 17.3 Å². The number of nitro benzene ring substituents is 1. The van der Waals surface area contributed by atoms with E-state index in [2.05, 4.69) is 5.32 Å². The number of carbonyl (C=O) groups excluding carboxylic acids is 1. The van der Waals surface area contributed by atoms with E-state index in [0.29, 0.717) is 10.7 Å². The van der Waals surface area contributed by atoms with Gasteiger partial charge in [-0.1, -0.05) is 11.6 Å². The number of amides is 1. The molecule has 1 fully saturated rings. The van der Waals surface area contributed by atoms with Crippen molar-refractivity contribution in [2.75, 3.05) is 25.0 Å². The molecule has 7 nitrogen and oxygen atoms in total. The molecule has 0 bridgehead atoms. The number of nitrogens with one attached hydrogen (secondary N) is 1. The summed E-state index contributed by atoms with van der Waals surface area (Å²) in [6, 6.07) is 4.72. The van der Waals surface area contributed by atoms with Crippen molar-refractivity contribution in [3.8, 4) is 0 Å². The van der Waals surface area contributed by atoms with E-state index in [1.54, 1.807) is 12.1 Å². The summed E-state index contributed by atoms with van der Waals surface area (Å²) in [6.45, 7) is 1.73. The quantitative estimate of drug-likeness (QED) is 0.635. The molecule has 114 valence electrons. The van der Waals surface area contributed by atoms with Crippen molar-refractivity contribution in [3.05, 3.63) is 33.3 Å². The predicted molar refractivity (Wildman–Crippen MR) is 80.4 cm³/mol. The highest BCUT2D eigenvalue weighted by atomic mass is 35.5. The van der Waals surface area contributed by atoms with Crippen LogP contribution in [0, 0.1) is 10.1 Å². The van der Waals surface area contributed by atoms with Gasteiger partial charge in [0.1, 0.15) is 5.69 Å². The third kappa shape index (κ3) is 4.30. The number of rotatable bonds is 5. The van der Waals surface area contributed by atoms with Gasteiger partial charge < -0.3 is 11.1 Å². The maximum absolute atomic E-state index is 11.0. The summed E-state index contributed by atoms with van der Waals surface area (Å²) in [6.07, 6.45) is 1.60. The van der Waals surface area contributed by atoms with E-state index in [0.717, 1.165) is 25.9 Å². The minimum atomic E-state index is -0.448. The van der Waals surface area contributed by atoms with Crippen LogP contribution in [0.5, 0.6) is 0 Å². The molecule has 2 rings (SSSR count). The Labute approximate surface area is 127 Å². The third-order valence-corrected chi connectivity index (χ3v) is 3.72. The van der Waals surface area contributed by atoms with Crippen LogP contribution < -0.4 is 11.1 Å². The summed E-state index contributed by atoms with van der Waals surface area (Å²) in [4.78, 5) is 23.4. The summed E-state index contributed by atoms with van der Waals surface area (Å²) in [5.74, 6) is -0.338. The van der Waals surface area contributed by atoms with Crippen LogP contribution in [0.25, 0.3) is 0 Å². The predicted octanol–water partition coefficient (Wildman–Crippen LogP) is 1.61. The number of carbonyl (C=O) groups is 1. The van der Waals surface area contributed by atoms with Crippen LogP contribution in [-0.2, 0) is 4.79 Å². The molecule has 1 aromatic carbocycles. The Kier molecular flexibility index (Phi) is 4.98. The number of hydrogen-bond acceptors (Lipinski definition) is 5. The van der Waals surface area contributed by atoms with Crippen LogP contribution in [0.1, 0.15) is 12.8 Å². The number of nitrogens with two attached hydrogens (primary N) is 1. The molecule has 1 aromatic rings. The van der Waals surface area contributed by atoms with Crippen molar-refractivity contribution >= 4 is 28.9 Å². The summed E-state index contributed by atoms with van der Waals surface area (Å²) >= 11 is 5.79. The van der Waals surface area contributed by atoms with Crippen LogP contribution in [0.3, 0.4) is 0 Å². The fraction of sp³-hybridized carbons (Fsp3) is 0.462. The second-order valence-electron chi connectivity index (χ2n) is 5.08. The Morgan fingerprint density at radius 2 is 2.14 bits per heavy atom. The van der Waals surface area contributed by atoms with Crippen LogP contribution in [0.4, 0.5) is 11.4 Å². The summed E-state index contributed by atoms with van der Waals surface area (Å²) in [5.41, 5.74) is 5.61. The minimum absolute atomic E-state index is 0.0259. The van der Waals surface area contributed by atoms with Gasteiger partial charge >= 0.3 is 0 Å². The van der Waals surface area contributed by atoms with Crippen LogP contribution in [0.2, 0.25) is 5.02 Å².